The first-order chi connectivity index (χ1) is 8.54. The summed E-state index contributed by atoms with van der Waals surface area (Å²) >= 11 is 3.24. The van der Waals surface area contributed by atoms with Crippen molar-refractivity contribution in [3.63, 3.8) is 0 Å². The predicted molar refractivity (Wildman–Crippen MR) is 79.2 cm³/mol. The third-order valence-electron chi connectivity index (χ3n) is 3.15. The van der Waals surface area contributed by atoms with E-state index in [0.29, 0.717) is 10.5 Å². The van der Waals surface area contributed by atoms with Crippen LogP contribution >= 0.6 is 15.9 Å². The molecule has 0 aromatic heterocycles. The smallest absolute Gasteiger partial charge is 0.137 e. The quantitative estimate of drug-likeness (QED) is 0.641. The van der Waals surface area contributed by atoms with Crippen molar-refractivity contribution in [2.24, 2.45) is 0 Å². The van der Waals surface area contributed by atoms with Crippen LogP contribution in [-0.2, 0) is 6.54 Å². The number of halogens is 2. The van der Waals surface area contributed by atoms with Crippen LogP contribution in [0.5, 0.6) is 0 Å². The van der Waals surface area contributed by atoms with E-state index in [1.807, 2.05) is 12.1 Å². The Morgan fingerprint density at radius 1 is 1.28 bits per heavy atom. The Labute approximate surface area is 119 Å². The Morgan fingerprint density at radius 2 is 2.00 bits per heavy atom. The largest absolute Gasteiger partial charge is 0.297 e. The molecule has 18 heavy (non-hydrogen) atoms. The molecule has 0 bridgehead atoms. The lowest BCUT2D eigenvalue weighted by Crippen LogP contribution is -2.31. The SMILES string of the molecule is CCCCCN(Cc1ccc(F)c(Br)c1)C(C)C. The van der Waals surface area contributed by atoms with Crippen LogP contribution in [0, 0.1) is 5.82 Å². The monoisotopic (exact) mass is 315 g/mol. The lowest BCUT2D eigenvalue weighted by Gasteiger charge is -2.26. The van der Waals surface area contributed by atoms with E-state index < -0.39 is 0 Å². The van der Waals surface area contributed by atoms with Gasteiger partial charge in [-0.25, -0.2) is 4.39 Å². The van der Waals surface area contributed by atoms with Crippen LogP contribution in [0.1, 0.15) is 45.6 Å². The molecular formula is C15H23BrFN. The Morgan fingerprint density at radius 3 is 2.56 bits per heavy atom. The van der Waals surface area contributed by atoms with E-state index in [1.54, 1.807) is 0 Å². The van der Waals surface area contributed by atoms with E-state index >= 15 is 0 Å². The summed E-state index contributed by atoms with van der Waals surface area (Å²) < 4.78 is 13.7. The Kier molecular flexibility index (Phi) is 6.87. The van der Waals surface area contributed by atoms with Crippen LogP contribution in [0.25, 0.3) is 0 Å². The lowest BCUT2D eigenvalue weighted by atomic mass is 10.1. The number of unbranched alkanes of at least 4 members (excludes halogenated alkanes) is 2. The highest BCUT2D eigenvalue weighted by Crippen LogP contribution is 2.19. The van der Waals surface area contributed by atoms with Gasteiger partial charge in [0.05, 0.1) is 4.47 Å². The molecular weight excluding hydrogens is 293 g/mol. The molecule has 102 valence electrons. The van der Waals surface area contributed by atoms with Gasteiger partial charge in [-0.1, -0.05) is 25.8 Å². The standard InChI is InChI=1S/C15H23BrFN/c1-4-5-6-9-18(12(2)3)11-13-7-8-15(17)14(16)10-13/h7-8,10,12H,4-6,9,11H2,1-3H3. The first kappa shape index (κ1) is 15.6. The maximum Gasteiger partial charge on any atom is 0.137 e. The molecule has 0 aliphatic carbocycles. The molecule has 0 fully saturated rings. The van der Waals surface area contributed by atoms with Gasteiger partial charge < -0.3 is 0 Å². The van der Waals surface area contributed by atoms with Crippen molar-refractivity contribution >= 4 is 15.9 Å². The highest BCUT2D eigenvalue weighted by Gasteiger charge is 2.10. The highest BCUT2D eigenvalue weighted by atomic mass is 79.9. The molecule has 1 rings (SSSR count). The van der Waals surface area contributed by atoms with Gasteiger partial charge in [0.2, 0.25) is 0 Å². The van der Waals surface area contributed by atoms with Gasteiger partial charge in [0.15, 0.2) is 0 Å². The minimum absolute atomic E-state index is 0.194. The van der Waals surface area contributed by atoms with E-state index in [2.05, 4.69) is 41.6 Å². The first-order valence-electron chi connectivity index (χ1n) is 6.72. The second-order valence-corrected chi connectivity index (χ2v) is 5.87. The zero-order valence-corrected chi connectivity index (χ0v) is 13.1. The summed E-state index contributed by atoms with van der Waals surface area (Å²) in [6, 6.07) is 5.80. The van der Waals surface area contributed by atoms with Gasteiger partial charge in [0, 0.05) is 12.6 Å². The number of hydrogen-bond acceptors (Lipinski definition) is 1. The number of hydrogen-bond donors (Lipinski definition) is 0. The van der Waals surface area contributed by atoms with E-state index in [1.165, 1.54) is 25.3 Å². The minimum Gasteiger partial charge on any atom is -0.297 e. The lowest BCUT2D eigenvalue weighted by molar-refractivity contribution is 0.208. The van der Waals surface area contributed by atoms with Crippen LogP contribution < -0.4 is 0 Å². The molecule has 0 aliphatic heterocycles. The predicted octanol–water partition coefficient (Wildman–Crippen LogP) is 4.99. The van der Waals surface area contributed by atoms with E-state index in [9.17, 15) is 4.39 Å². The van der Waals surface area contributed by atoms with Gasteiger partial charge >= 0.3 is 0 Å². The average molecular weight is 316 g/mol. The van der Waals surface area contributed by atoms with E-state index in [-0.39, 0.29) is 5.82 Å². The summed E-state index contributed by atoms with van der Waals surface area (Å²) in [4.78, 5) is 2.44. The molecule has 0 unspecified atom stereocenters. The molecule has 0 amide bonds. The molecule has 3 heteroatoms. The minimum atomic E-state index is -0.194. The zero-order chi connectivity index (χ0) is 13.5. The Bertz CT molecular complexity index is 366. The third kappa shape index (κ3) is 5.07. The van der Waals surface area contributed by atoms with Gasteiger partial charge in [-0.05, 0) is 60.4 Å². The molecule has 0 spiro atoms. The highest BCUT2D eigenvalue weighted by molar-refractivity contribution is 9.10. The Hall–Kier alpha value is -0.410. The van der Waals surface area contributed by atoms with Gasteiger partial charge in [0.1, 0.15) is 5.82 Å². The van der Waals surface area contributed by atoms with Crippen LogP contribution in [0.15, 0.2) is 22.7 Å². The summed E-state index contributed by atoms with van der Waals surface area (Å²) in [7, 11) is 0. The number of rotatable bonds is 7. The second kappa shape index (κ2) is 7.90. The fraction of sp³-hybridized carbons (Fsp3) is 0.600. The fourth-order valence-electron chi connectivity index (χ4n) is 1.96. The van der Waals surface area contributed by atoms with E-state index in [4.69, 9.17) is 0 Å². The number of nitrogens with zero attached hydrogens (tertiary/aromatic N) is 1. The molecule has 1 aromatic carbocycles. The van der Waals surface area contributed by atoms with Gasteiger partial charge in [-0.15, -0.1) is 0 Å². The summed E-state index contributed by atoms with van der Waals surface area (Å²) in [5.41, 5.74) is 1.16. The topological polar surface area (TPSA) is 3.24 Å². The van der Waals surface area contributed by atoms with Crippen molar-refractivity contribution in [1.82, 2.24) is 4.90 Å². The average Bonchev–Trinajstić information content (AvgIpc) is 2.32. The molecule has 0 heterocycles. The molecule has 0 saturated heterocycles. The molecule has 1 nitrogen and oxygen atoms in total. The summed E-state index contributed by atoms with van der Waals surface area (Å²) in [5, 5.41) is 0. The third-order valence-corrected chi connectivity index (χ3v) is 3.76. The molecule has 0 aliphatic rings. The molecule has 0 N–H and O–H groups in total. The van der Waals surface area contributed by atoms with Crippen LogP contribution in [0.3, 0.4) is 0 Å². The maximum absolute atomic E-state index is 13.2. The van der Waals surface area contributed by atoms with E-state index in [0.717, 1.165) is 18.7 Å². The molecule has 1 aromatic rings. The van der Waals surface area contributed by atoms with Crippen molar-refractivity contribution in [3.8, 4) is 0 Å². The van der Waals surface area contributed by atoms with Gasteiger partial charge in [-0.2, -0.15) is 0 Å². The molecule has 0 atom stereocenters. The summed E-state index contributed by atoms with van der Waals surface area (Å²) in [6.45, 7) is 8.65. The van der Waals surface area contributed by atoms with Crippen molar-refractivity contribution < 1.29 is 4.39 Å². The van der Waals surface area contributed by atoms with Crippen LogP contribution in [0.4, 0.5) is 4.39 Å². The Balaban J connectivity index is 2.61. The molecule has 0 saturated carbocycles. The molecule has 0 radical (unpaired) electrons. The second-order valence-electron chi connectivity index (χ2n) is 5.02. The van der Waals surface area contributed by atoms with Crippen molar-refractivity contribution in [1.29, 1.82) is 0 Å². The summed E-state index contributed by atoms with van der Waals surface area (Å²) in [5.74, 6) is -0.194. The maximum atomic E-state index is 13.2. The summed E-state index contributed by atoms with van der Waals surface area (Å²) in [6.07, 6.45) is 3.75. The first-order valence-corrected chi connectivity index (χ1v) is 7.52. The van der Waals surface area contributed by atoms with Crippen LogP contribution in [-0.4, -0.2) is 17.5 Å². The van der Waals surface area contributed by atoms with Gasteiger partial charge in [-0.3, -0.25) is 4.90 Å². The fourth-order valence-corrected chi connectivity index (χ4v) is 2.38. The van der Waals surface area contributed by atoms with Crippen LogP contribution in [0.2, 0.25) is 0 Å². The van der Waals surface area contributed by atoms with Crippen molar-refractivity contribution in [3.05, 3.63) is 34.1 Å². The number of benzene rings is 1. The zero-order valence-electron chi connectivity index (χ0n) is 11.5. The normalized spacial score (nSPS) is 11.5. The van der Waals surface area contributed by atoms with Crippen molar-refractivity contribution in [2.45, 2.75) is 52.6 Å². The van der Waals surface area contributed by atoms with Crippen molar-refractivity contribution in [2.75, 3.05) is 6.54 Å². The van der Waals surface area contributed by atoms with Gasteiger partial charge in [0.25, 0.3) is 0 Å².